The number of benzene rings is 1. The third-order valence-corrected chi connectivity index (χ3v) is 7.63. The Morgan fingerprint density at radius 2 is 1.67 bits per heavy atom. The van der Waals surface area contributed by atoms with Gasteiger partial charge in [-0.25, -0.2) is 8.42 Å². The Morgan fingerprint density at radius 1 is 1.13 bits per heavy atom. The number of likely N-dealkylation sites (N-methyl/N-ethyl adjacent to an activating group) is 1. The lowest BCUT2D eigenvalue weighted by molar-refractivity contribution is -0.135. The molecule has 30 heavy (non-hydrogen) atoms. The molecule has 2 rings (SSSR count). The van der Waals surface area contributed by atoms with Gasteiger partial charge in [0.15, 0.2) is 0 Å². The molecule has 0 spiro atoms. The number of nitrogens with zero attached hydrogens (tertiary/aromatic N) is 2. The van der Waals surface area contributed by atoms with Gasteiger partial charge in [-0.3, -0.25) is 4.79 Å². The molecule has 1 aliphatic heterocycles. The molecule has 1 N–H and O–H groups in total. The fourth-order valence-electron chi connectivity index (χ4n) is 4.48. The van der Waals surface area contributed by atoms with Crippen LogP contribution in [0.5, 0.6) is 0 Å². The second-order valence-electron chi connectivity index (χ2n) is 9.61. The normalized spacial score (nSPS) is 19.1. The van der Waals surface area contributed by atoms with Gasteiger partial charge < -0.3 is 10.2 Å². The molecule has 0 aromatic heterocycles. The van der Waals surface area contributed by atoms with Crippen molar-refractivity contribution in [2.45, 2.75) is 82.3 Å². The lowest BCUT2D eigenvalue weighted by Crippen LogP contribution is -2.63. The molecule has 1 amide bonds. The van der Waals surface area contributed by atoms with Gasteiger partial charge in [0.05, 0.1) is 11.4 Å². The Labute approximate surface area is 187 Å². The van der Waals surface area contributed by atoms with Crippen LogP contribution in [0.15, 0.2) is 29.2 Å². The van der Waals surface area contributed by atoms with E-state index in [1.165, 1.54) is 31.3 Å². The van der Waals surface area contributed by atoms with Gasteiger partial charge in [-0.15, -0.1) is 0 Å². The molecule has 1 fully saturated rings. The Hall–Kier alpha value is -1.15. The van der Waals surface area contributed by atoms with Crippen molar-refractivity contribution in [2.75, 3.05) is 20.1 Å². The first-order valence-corrected chi connectivity index (χ1v) is 12.4. The van der Waals surface area contributed by atoms with Gasteiger partial charge in [0.2, 0.25) is 15.9 Å². The van der Waals surface area contributed by atoms with E-state index in [0.29, 0.717) is 11.6 Å². The van der Waals surface area contributed by atoms with Crippen LogP contribution in [0.1, 0.15) is 60.3 Å². The number of carbonyl (C=O) groups excluding carboxylic acids is 1. The predicted octanol–water partition coefficient (Wildman–Crippen LogP) is 3.90. The Bertz CT molecular complexity index is 822. The molecule has 1 aromatic rings. The summed E-state index contributed by atoms with van der Waals surface area (Å²) in [6, 6.07) is 6.08. The Balaban J connectivity index is 2.21. The van der Waals surface area contributed by atoms with E-state index in [-0.39, 0.29) is 34.5 Å². The third-order valence-electron chi connectivity index (χ3n) is 5.56. The quantitative estimate of drug-likeness (QED) is 0.642. The number of nitrogens with one attached hydrogen (secondary N) is 1. The molecule has 1 aliphatic rings. The molecule has 0 bridgehead atoms. The van der Waals surface area contributed by atoms with Gasteiger partial charge in [-0.2, -0.15) is 4.31 Å². The fourth-order valence-corrected chi connectivity index (χ4v) is 5.73. The van der Waals surface area contributed by atoms with E-state index in [0.717, 1.165) is 30.0 Å². The summed E-state index contributed by atoms with van der Waals surface area (Å²) < 4.78 is 26.9. The molecule has 8 heteroatoms. The SMILES string of the molecule is CCCCN(C(=O)CN(C)S(=O)(=O)c1ccc(Cl)cc1)C1CC(C)(C)NC(C)(C)C1. The van der Waals surface area contributed by atoms with E-state index in [4.69, 9.17) is 11.6 Å². The number of unbranched alkanes of at least 4 members (excludes halogenated alkanes) is 1. The fraction of sp³-hybridized carbons (Fsp3) is 0.682. The van der Waals surface area contributed by atoms with Gasteiger partial charge >= 0.3 is 0 Å². The van der Waals surface area contributed by atoms with Gasteiger partial charge in [0.25, 0.3) is 0 Å². The van der Waals surface area contributed by atoms with Gasteiger partial charge in [-0.1, -0.05) is 24.9 Å². The predicted molar refractivity (Wildman–Crippen MR) is 122 cm³/mol. The molecular weight excluding hydrogens is 422 g/mol. The van der Waals surface area contributed by atoms with Crippen molar-refractivity contribution in [1.82, 2.24) is 14.5 Å². The van der Waals surface area contributed by atoms with Gasteiger partial charge in [0, 0.05) is 35.7 Å². The number of carbonyl (C=O) groups is 1. The topological polar surface area (TPSA) is 69.7 Å². The number of piperidine rings is 1. The summed E-state index contributed by atoms with van der Waals surface area (Å²) in [5.74, 6) is -0.151. The largest absolute Gasteiger partial charge is 0.338 e. The first-order valence-electron chi connectivity index (χ1n) is 10.6. The lowest BCUT2D eigenvalue weighted by Gasteiger charge is -2.49. The van der Waals surface area contributed by atoms with E-state index in [9.17, 15) is 13.2 Å². The zero-order valence-corrected chi connectivity index (χ0v) is 20.6. The standard InChI is InChI=1S/C22H36ClN3O3S/c1-7-8-13-26(18-14-21(2,3)24-22(4,5)15-18)20(27)16-25(6)30(28,29)19-11-9-17(23)10-12-19/h9-12,18,24H,7-8,13-16H2,1-6H3. The summed E-state index contributed by atoms with van der Waals surface area (Å²) in [6.45, 7) is 11.2. The highest BCUT2D eigenvalue weighted by molar-refractivity contribution is 7.89. The summed E-state index contributed by atoms with van der Waals surface area (Å²) in [7, 11) is -2.31. The zero-order valence-electron chi connectivity index (χ0n) is 19.0. The number of rotatable bonds is 8. The average molecular weight is 458 g/mol. The van der Waals surface area contributed by atoms with Crippen LogP contribution in [0.25, 0.3) is 0 Å². The summed E-state index contributed by atoms with van der Waals surface area (Å²) >= 11 is 5.87. The number of sulfonamides is 1. The maximum Gasteiger partial charge on any atom is 0.243 e. The minimum absolute atomic E-state index is 0.0712. The van der Waals surface area contributed by atoms with Crippen molar-refractivity contribution < 1.29 is 13.2 Å². The maximum absolute atomic E-state index is 13.3. The van der Waals surface area contributed by atoms with E-state index in [2.05, 4.69) is 39.9 Å². The minimum Gasteiger partial charge on any atom is -0.338 e. The molecule has 1 aromatic carbocycles. The van der Waals surface area contributed by atoms with Gasteiger partial charge in [-0.05, 0) is 71.2 Å². The number of amides is 1. The van der Waals surface area contributed by atoms with Crippen LogP contribution in [-0.2, 0) is 14.8 Å². The number of hydrogen-bond acceptors (Lipinski definition) is 4. The molecule has 0 aliphatic carbocycles. The van der Waals surface area contributed by atoms with Crippen LogP contribution < -0.4 is 5.32 Å². The van der Waals surface area contributed by atoms with Crippen LogP contribution in [0, 0.1) is 0 Å². The molecule has 6 nitrogen and oxygen atoms in total. The van der Waals surface area contributed by atoms with Crippen LogP contribution in [0.3, 0.4) is 0 Å². The van der Waals surface area contributed by atoms with Crippen LogP contribution >= 0.6 is 11.6 Å². The van der Waals surface area contributed by atoms with E-state index in [1.54, 1.807) is 0 Å². The van der Waals surface area contributed by atoms with Gasteiger partial charge in [0.1, 0.15) is 0 Å². The molecule has 0 atom stereocenters. The summed E-state index contributed by atoms with van der Waals surface area (Å²) in [5, 5.41) is 4.12. The summed E-state index contributed by atoms with van der Waals surface area (Å²) in [5.41, 5.74) is -0.198. The third kappa shape index (κ3) is 6.42. The highest BCUT2D eigenvalue weighted by Crippen LogP contribution is 2.32. The van der Waals surface area contributed by atoms with Crippen molar-refractivity contribution in [3.8, 4) is 0 Å². The molecule has 0 saturated carbocycles. The van der Waals surface area contributed by atoms with Crippen molar-refractivity contribution in [2.24, 2.45) is 0 Å². The zero-order chi connectivity index (χ0) is 22.7. The molecule has 170 valence electrons. The first kappa shape index (κ1) is 25.1. The molecule has 1 heterocycles. The Morgan fingerprint density at radius 3 is 2.17 bits per heavy atom. The van der Waals surface area contributed by atoms with Crippen LogP contribution in [-0.4, -0.2) is 60.8 Å². The van der Waals surface area contributed by atoms with Crippen molar-refractivity contribution in [1.29, 1.82) is 0 Å². The van der Waals surface area contributed by atoms with Crippen molar-refractivity contribution >= 4 is 27.5 Å². The first-order chi connectivity index (χ1) is 13.8. The van der Waals surface area contributed by atoms with E-state index in [1.807, 2.05) is 4.90 Å². The van der Waals surface area contributed by atoms with Crippen molar-refractivity contribution in [3.63, 3.8) is 0 Å². The monoisotopic (exact) mass is 457 g/mol. The van der Waals surface area contributed by atoms with E-state index >= 15 is 0 Å². The van der Waals surface area contributed by atoms with Crippen LogP contribution in [0.4, 0.5) is 0 Å². The maximum atomic E-state index is 13.3. The summed E-state index contributed by atoms with van der Waals surface area (Å²) in [6.07, 6.45) is 3.53. The number of hydrogen-bond donors (Lipinski definition) is 1. The smallest absolute Gasteiger partial charge is 0.243 e. The molecule has 1 saturated heterocycles. The highest BCUT2D eigenvalue weighted by atomic mass is 35.5. The second-order valence-corrected chi connectivity index (χ2v) is 12.1. The Kier molecular flexibility index (Phi) is 8.00. The minimum atomic E-state index is -3.77. The molecule has 0 unspecified atom stereocenters. The number of halogens is 1. The average Bonchev–Trinajstić information content (AvgIpc) is 2.59. The summed E-state index contributed by atoms with van der Waals surface area (Å²) in [4.78, 5) is 15.3. The van der Waals surface area contributed by atoms with E-state index < -0.39 is 10.0 Å². The van der Waals surface area contributed by atoms with Crippen molar-refractivity contribution in [3.05, 3.63) is 29.3 Å². The molecular formula is C22H36ClN3O3S. The second kappa shape index (κ2) is 9.55. The highest BCUT2D eigenvalue weighted by Gasteiger charge is 2.41. The molecule has 0 radical (unpaired) electrons. The van der Waals surface area contributed by atoms with Crippen LogP contribution in [0.2, 0.25) is 5.02 Å². The lowest BCUT2D eigenvalue weighted by atomic mass is 9.79.